The molecule has 0 aromatic heterocycles. The third-order valence-corrected chi connectivity index (χ3v) is 2.53. The van der Waals surface area contributed by atoms with E-state index in [0.29, 0.717) is 0 Å². The highest BCUT2D eigenvalue weighted by Crippen LogP contribution is 2.18. The lowest BCUT2D eigenvalue weighted by atomic mass is 9.93. The summed E-state index contributed by atoms with van der Waals surface area (Å²) in [7, 11) is 0. The molecule has 88 valence electrons. The van der Waals surface area contributed by atoms with Gasteiger partial charge in [-0.2, -0.15) is 0 Å². The van der Waals surface area contributed by atoms with Gasteiger partial charge in [0.25, 0.3) is 0 Å². The smallest absolute Gasteiger partial charge is 0.315 e. The second-order valence-electron chi connectivity index (χ2n) is 5.31. The highest BCUT2D eigenvalue weighted by atomic mass is 16.3. The second kappa shape index (κ2) is 4.84. The molecule has 2 atom stereocenters. The summed E-state index contributed by atoms with van der Waals surface area (Å²) in [5.41, 5.74) is -0.232. The molecule has 0 heterocycles. The SMILES string of the molecule is CC(C)(C)NC(=O)N[C@@H]1CCCC[C@H]1O. The highest BCUT2D eigenvalue weighted by molar-refractivity contribution is 5.75. The number of amides is 2. The van der Waals surface area contributed by atoms with Crippen LogP contribution in [-0.4, -0.2) is 28.8 Å². The predicted octanol–water partition coefficient (Wildman–Crippen LogP) is 1.39. The van der Waals surface area contributed by atoms with Crippen molar-refractivity contribution in [1.29, 1.82) is 0 Å². The third kappa shape index (κ3) is 4.51. The number of urea groups is 1. The molecule has 3 N–H and O–H groups in total. The topological polar surface area (TPSA) is 61.4 Å². The minimum Gasteiger partial charge on any atom is -0.391 e. The van der Waals surface area contributed by atoms with E-state index in [4.69, 9.17) is 0 Å². The molecule has 4 nitrogen and oxygen atoms in total. The fourth-order valence-electron chi connectivity index (χ4n) is 1.82. The van der Waals surface area contributed by atoms with Crippen molar-refractivity contribution < 1.29 is 9.90 Å². The molecule has 0 aromatic rings. The van der Waals surface area contributed by atoms with E-state index in [1.807, 2.05) is 20.8 Å². The van der Waals surface area contributed by atoms with Gasteiger partial charge in [0.1, 0.15) is 0 Å². The van der Waals surface area contributed by atoms with Crippen molar-refractivity contribution in [3.8, 4) is 0 Å². The molecule has 0 spiro atoms. The summed E-state index contributed by atoms with van der Waals surface area (Å²) in [5, 5.41) is 15.3. The van der Waals surface area contributed by atoms with Crippen LogP contribution < -0.4 is 10.6 Å². The first-order valence-corrected chi connectivity index (χ1v) is 5.65. The summed E-state index contributed by atoms with van der Waals surface area (Å²) in [4.78, 5) is 11.5. The lowest BCUT2D eigenvalue weighted by Gasteiger charge is -2.30. The molecule has 1 aliphatic carbocycles. The number of rotatable bonds is 1. The van der Waals surface area contributed by atoms with Crippen molar-refractivity contribution in [2.45, 2.75) is 64.1 Å². The molecule has 1 saturated carbocycles. The van der Waals surface area contributed by atoms with E-state index in [0.717, 1.165) is 25.7 Å². The lowest BCUT2D eigenvalue weighted by molar-refractivity contribution is 0.0936. The van der Waals surface area contributed by atoms with E-state index >= 15 is 0 Å². The van der Waals surface area contributed by atoms with Crippen LogP contribution >= 0.6 is 0 Å². The number of hydrogen-bond acceptors (Lipinski definition) is 2. The quantitative estimate of drug-likeness (QED) is 0.617. The van der Waals surface area contributed by atoms with Gasteiger partial charge in [-0.15, -0.1) is 0 Å². The maximum Gasteiger partial charge on any atom is 0.315 e. The normalized spacial score (nSPS) is 27.2. The molecule has 0 saturated heterocycles. The fourth-order valence-corrected chi connectivity index (χ4v) is 1.82. The molecular formula is C11H22N2O2. The minimum atomic E-state index is -0.385. The van der Waals surface area contributed by atoms with Crippen LogP contribution in [0.5, 0.6) is 0 Å². The van der Waals surface area contributed by atoms with E-state index in [9.17, 15) is 9.90 Å². The summed E-state index contributed by atoms with van der Waals surface area (Å²) in [6.07, 6.45) is 3.42. The standard InChI is InChI=1S/C11H22N2O2/c1-11(2,3)13-10(15)12-8-6-4-5-7-9(8)14/h8-9,14H,4-7H2,1-3H3,(H2,12,13,15)/t8-,9-/m1/s1. The van der Waals surface area contributed by atoms with Crippen LogP contribution in [-0.2, 0) is 0 Å². The Balaban J connectivity index is 2.36. The Morgan fingerprint density at radius 3 is 2.40 bits per heavy atom. The third-order valence-electron chi connectivity index (χ3n) is 2.53. The summed E-state index contributed by atoms with van der Waals surface area (Å²) in [6, 6.07) is -0.269. The molecule has 1 rings (SSSR count). The zero-order valence-electron chi connectivity index (χ0n) is 9.84. The van der Waals surface area contributed by atoms with Crippen LogP contribution in [0, 0.1) is 0 Å². The Labute approximate surface area is 91.4 Å². The minimum absolute atomic E-state index is 0.0823. The molecule has 1 fully saturated rings. The number of carbonyl (C=O) groups is 1. The average Bonchev–Trinajstić information content (AvgIpc) is 2.05. The Hall–Kier alpha value is -0.770. The van der Waals surface area contributed by atoms with Gasteiger partial charge >= 0.3 is 6.03 Å². The van der Waals surface area contributed by atoms with E-state index in [1.54, 1.807) is 0 Å². The van der Waals surface area contributed by atoms with Gasteiger partial charge in [-0.1, -0.05) is 12.8 Å². The summed E-state index contributed by atoms with van der Waals surface area (Å²) < 4.78 is 0. The van der Waals surface area contributed by atoms with Crippen LogP contribution in [0.4, 0.5) is 4.79 Å². The van der Waals surface area contributed by atoms with Crippen LogP contribution in [0.25, 0.3) is 0 Å². The van der Waals surface area contributed by atoms with Gasteiger partial charge in [-0.3, -0.25) is 0 Å². The Morgan fingerprint density at radius 1 is 1.27 bits per heavy atom. The number of hydrogen-bond donors (Lipinski definition) is 3. The number of nitrogens with one attached hydrogen (secondary N) is 2. The summed E-state index contributed by atoms with van der Waals surface area (Å²) in [6.45, 7) is 5.80. The maximum absolute atomic E-state index is 11.5. The zero-order chi connectivity index (χ0) is 11.5. The average molecular weight is 214 g/mol. The van der Waals surface area contributed by atoms with Crippen molar-refractivity contribution in [1.82, 2.24) is 10.6 Å². The van der Waals surface area contributed by atoms with E-state index < -0.39 is 0 Å². The molecule has 2 amide bonds. The second-order valence-corrected chi connectivity index (χ2v) is 5.31. The van der Waals surface area contributed by atoms with Gasteiger partial charge in [0.05, 0.1) is 12.1 Å². The van der Waals surface area contributed by atoms with Crippen LogP contribution in [0.2, 0.25) is 0 Å². The molecule has 4 heteroatoms. The van der Waals surface area contributed by atoms with Gasteiger partial charge in [0.2, 0.25) is 0 Å². The maximum atomic E-state index is 11.5. The number of carbonyl (C=O) groups excluding carboxylic acids is 1. The molecule has 0 radical (unpaired) electrons. The van der Waals surface area contributed by atoms with Gasteiger partial charge in [-0.25, -0.2) is 4.79 Å². The fraction of sp³-hybridized carbons (Fsp3) is 0.909. The first-order chi connectivity index (χ1) is 6.88. The summed E-state index contributed by atoms with van der Waals surface area (Å²) in [5.74, 6) is 0. The van der Waals surface area contributed by atoms with Gasteiger partial charge in [-0.05, 0) is 33.6 Å². The number of aliphatic hydroxyl groups is 1. The molecular weight excluding hydrogens is 192 g/mol. The van der Waals surface area contributed by atoms with Crippen molar-refractivity contribution in [2.75, 3.05) is 0 Å². The first kappa shape index (κ1) is 12.3. The van der Waals surface area contributed by atoms with Crippen LogP contribution in [0.15, 0.2) is 0 Å². The first-order valence-electron chi connectivity index (χ1n) is 5.65. The Morgan fingerprint density at radius 2 is 1.87 bits per heavy atom. The molecule has 15 heavy (non-hydrogen) atoms. The van der Waals surface area contributed by atoms with Crippen molar-refractivity contribution >= 4 is 6.03 Å². The van der Waals surface area contributed by atoms with Crippen LogP contribution in [0.3, 0.4) is 0 Å². The molecule has 0 aliphatic heterocycles. The zero-order valence-corrected chi connectivity index (χ0v) is 9.84. The molecule has 0 aromatic carbocycles. The largest absolute Gasteiger partial charge is 0.391 e. The van der Waals surface area contributed by atoms with Crippen molar-refractivity contribution in [3.05, 3.63) is 0 Å². The molecule has 0 unspecified atom stereocenters. The van der Waals surface area contributed by atoms with Crippen molar-refractivity contribution in [2.24, 2.45) is 0 Å². The predicted molar refractivity (Wildman–Crippen MR) is 59.7 cm³/mol. The van der Waals surface area contributed by atoms with Gasteiger partial charge in [0, 0.05) is 5.54 Å². The monoisotopic (exact) mass is 214 g/mol. The van der Waals surface area contributed by atoms with E-state index in [1.165, 1.54) is 0 Å². The number of aliphatic hydroxyl groups excluding tert-OH is 1. The summed E-state index contributed by atoms with van der Waals surface area (Å²) >= 11 is 0. The lowest BCUT2D eigenvalue weighted by Crippen LogP contribution is -2.53. The Kier molecular flexibility index (Phi) is 3.97. The van der Waals surface area contributed by atoms with E-state index in [-0.39, 0.29) is 23.7 Å². The molecule has 1 aliphatic rings. The Bertz CT molecular complexity index is 223. The van der Waals surface area contributed by atoms with Crippen LogP contribution in [0.1, 0.15) is 46.5 Å². The van der Waals surface area contributed by atoms with Gasteiger partial charge in [0.15, 0.2) is 0 Å². The highest BCUT2D eigenvalue weighted by Gasteiger charge is 2.25. The molecule has 0 bridgehead atoms. The van der Waals surface area contributed by atoms with E-state index in [2.05, 4.69) is 10.6 Å². The van der Waals surface area contributed by atoms with Gasteiger partial charge < -0.3 is 15.7 Å². The van der Waals surface area contributed by atoms with Crippen molar-refractivity contribution in [3.63, 3.8) is 0 Å².